The number of carbonyl (C=O) groups excluding carboxylic acids is 2. The normalized spacial score (nSPS) is 21.4. The molecule has 2 aliphatic heterocycles. The molecule has 0 bridgehead atoms. The maximum Gasteiger partial charge on any atom is 0.253 e. The first-order chi connectivity index (χ1) is 11.1. The zero-order valence-corrected chi connectivity index (χ0v) is 15.2. The first-order valence-corrected chi connectivity index (χ1v) is 8.43. The number of nitrogens with zero attached hydrogens (tertiary/aromatic N) is 2. The Kier molecular flexibility index (Phi) is 6.24. The van der Waals surface area contributed by atoms with E-state index >= 15 is 0 Å². The molecule has 2 amide bonds. The minimum atomic E-state index is 0. The van der Waals surface area contributed by atoms with E-state index < -0.39 is 0 Å². The molecule has 2 saturated heterocycles. The van der Waals surface area contributed by atoms with Crippen molar-refractivity contribution in [2.75, 3.05) is 32.7 Å². The molecule has 1 aromatic rings. The van der Waals surface area contributed by atoms with Gasteiger partial charge in [0.25, 0.3) is 5.91 Å². The fourth-order valence-corrected chi connectivity index (χ4v) is 3.46. The van der Waals surface area contributed by atoms with E-state index in [4.69, 9.17) is 0 Å². The van der Waals surface area contributed by atoms with Gasteiger partial charge in [-0.05, 0) is 49.9 Å². The van der Waals surface area contributed by atoms with Gasteiger partial charge in [-0.1, -0.05) is 6.07 Å². The summed E-state index contributed by atoms with van der Waals surface area (Å²) in [4.78, 5) is 28.7. The first kappa shape index (κ1) is 18.7. The summed E-state index contributed by atoms with van der Waals surface area (Å²) in [7, 11) is 0. The number of piperazine rings is 1. The summed E-state index contributed by atoms with van der Waals surface area (Å²) < 4.78 is 0. The number of carbonyl (C=O) groups is 2. The molecular weight excluding hydrogens is 326 g/mol. The SMILES string of the molecule is Cc1ccc(C(=O)N2CCCC(N3CCNCC3=O)C2)cc1C.Cl. The minimum Gasteiger partial charge on any atom is -0.337 e. The van der Waals surface area contributed by atoms with Crippen molar-refractivity contribution in [1.82, 2.24) is 15.1 Å². The molecule has 5 nitrogen and oxygen atoms in total. The number of piperidine rings is 1. The van der Waals surface area contributed by atoms with Crippen molar-refractivity contribution in [3.63, 3.8) is 0 Å². The van der Waals surface area contributed by atoms with Crippen molar-refractivity contribution in [3.8, 4) is 0 Å². The fourth-order valence-electron chi connectivity index (χ4n) is 3.46. The number of hydrogen-bond donors (Lipinski definition) is 1. The van der Waals surface area contributed by atoms with Crippen LogP contribution in [0.4, 0.5) is 0 Å². The van der Waals surface area contributed by atoms with Gasteiger partial charge in [0.15, 0.2) is 0 Å². The van der Waals surface area contributed by atoms with Crippen molar-refractivity contribution in [2.45, 2.75) is 32.7 Å². The van der Waals surface area contributed by atoms with Gasteiger partial charge >= 0.3 is 0 Å². The molecule has 132 valence electrons. The summed E-state index contributed by atoms with van der Waals surface area (Å²) in [5, 5.41) is 3.10. The largest absolute Gasteiger partial charge is 0.337 e. The predicted octanol–water partition coefficient (Wildman–Crippen LogP) is 1.76. The van der Waals surface area contributed by atoms with Gasteiger partial charge in [-0.25, -0.2) is 0 Å². The number of likely N-dealkylation sites (tertiary alicyclic amines) is 1. The third-order valence-electron chi connectivity index (χ3n) is 5.00. The average Bonchev–Trinajstić information content (AvgIpc) is 2.57. The molecule has 0 aromatic heterocycles. The number of benzene rings is 1. The van der Waals surface area contributed by atoms with Crippen LogP contribution in [0.5, 0.6) is 0 Å². The van der Waals surface area contributed by atoms with Crippen LogP contribution in [0.15, 0.2) is 18.2 Å². The minimum absolute atomic E-state index is 0. The molecular formula is C18H26ClN3O2. The number of amides is 2. The van der Waals surface area contributed by atoms with Crippen molar-refractivity contribution in [3.05, 3.63) is 34.9 Å². The van der Waals surface area contributed by atoms with Gasteiger partial charge in [0.2, 0.25) is 5.91 Å². The summed E-state index contributed by atoms with van der Waals surface area (Å²) in [5.74, 6) is 0.238. The van der Waals surface area contributed by atoms with E-state index in [1.807, 2.05) is 34.9 Å². The Morgan fingerprint density at radius 3 is 2.71 bits per heavy atom. The summed E-state index contributed by atoms with van der Waals surface area (Å²) in [5.41, 5.74) is 3.09. The molecule has 3 rings (SSSR count). The maximum atomic E-state index is 12.8. The van der Waals surface area contributed by atoms with Crippen LogP contribution in [0.1, 0.15) is 34.3 Å². The number of aryl methyl sites for hydroxylation is 2. The Labute approximate surface area is 149 Å². The lowest BCUT2D eigenvalue weighted by atomic mass is 10.0. The molecule has 1 unspecified atom stereocenters. The lowest BCUT2D eigenvalue weighted by Crippen LogP contribution is -2.57. The fraction of sp³-hybridized carbons (Fsp3) is 0.556. The third-order valence-corrected chi connectivity index (χ3v) is 5.00. The van der Waals surface area contributed by atoms with E-state index in [2.05, 4.69) is 12.2 Å². The van der Waals surface area contributed by atoms with Crippen LogP contribution in [-0.4, -0.2) is 60.4 Å². The summed E-state index contributed by atoms with van der Waals surface area (Å²) in [6.07, 6.45) is 1.95. The van der Waals surface area contributed by atoms with Gasteiger partial charge in [-0.2, -0.15) is 0 Å². The Balaban J connectivity index is 0.00000208. The molecule has 2 fully saturated rings. The quantitative estimate of drug-likeness (QED) is 0.883. The monoisotopic (exact) mass is 351 g/mol. The number of rotatable bonds is 2. The summed E-state index contributed by atoms with van der Waals surface area (Å²) >= 11 is 0. The molecule has 0 radical (unpaired) electrons. The number of hydrogen-bond acceptors (Lipinski definition) is 3. The number of nitrogens with one attached hydrogen (secondary N) is 1. The number of halogens is 1. The molecule has 1 atom stereocenters. The van der Waals surface area contributed by atoms with Crippen molar-refractivity contribution in [1.29, 1.82) is 0 Å². The van der Waals surface area contributed by atoms with Crippen LogP contribution in [0.3, 0.4) is 0 Å². The van der Waals surface area contributed by atoms with E-state index in [0.29, 0.717) is 13.1 Å². The topological polar surface area (TPSA) is 52.7 Å². The molecule has 1 N–H and O–H groups in total. The Morgan fingerprint density at radius 2 is 2.00 bits per heavy atom. The standard InChI is InChI=1S/C18H25N3O2.ClH/c1-13-5-6-15(10-14(13)2)18(23)20-8-3-4-16(12-20)21-9-7-19-11-17(21)22;/h5-6,10,16,19H,3-4,7-9,11-12H2,1-2H3;1H. The first-order valence-electron chi connectivity index (χ1n) is 8.43. The van der Waals surface area contributed by atoms with Crippen molar-refractivity contribution >= 4 is 24.2 Å². The van der Waals surface area contributed by atoms with Crippen molar-refractivity contribution in [2.24, 2.45) is 0 Å². The maximum absolute atomic E-state index is 12.8. The van der Waals surface area contributed by atoms with Gasteiger partial charge in [-0.15, -0.1) is 12.4 Å². The van der Waals surface area contributed by atoms with E-state index in [9.17, 15) is 9.59 Å². The molecule has 2 aliphatic rings. The van der Waals surface area contributed by atoms with Crippen molar-refractivity contribution < 1.29 is 9.59 Å². The molecule has 24 heavy (non-hydrogen) atoms. The smallest absolute Gasteiger partial charge is 0.253 e. The van der Waals surface area contributed by atoms with Crippen LogP contribution in [-0.2, 0) is 4.79 Å². The van der Waals surface area contributed by atoms with E-state index in [1.165, 1.54) is 5.56 Å². The molecule has 0 saturated carbocycles. The lowest BCUT2D eigenvalue weighted by molar-refractivity contribution is -0.135. The van der Waals surface area contributed by atoms with Crippen LogP contribution in [0, 0.1) is 13.8 Å². The molecule has 0 aliphatic carbocycles. The third kappa shape index (κ3) is 3.90. The highest BCUT2D eigenvalue weighted by molar-refractivity contribution is 5.94. The highest BCUT2D eigenvalue weighted by Crippen LogP contribution is 2.20. The second kappa shape index (κ2) is 7.99. The lowest BCUT2D eigenvalue weighted by Gasteiger charge is -2.41. The zero-order valence-electron chi connectivity index (χ0n) is 14.4. The van der Waals surface area contributed by atoms with Crippen LogP contribution in [0.2, 0.25) is 0 Å². The Hall–Kier alpha value is -1.59. The molecule has 2 heterocycles. The Morgan fingerprint density at radius 1 is 1.21 bits per heavy atom. The van der Waals surface area contributed by atoms with Crippen LogP contribution >= 0.6 is 12.4 Å². The van der Waals surface area contributed by atoms with Gasteiger partial charge in [0.05, 0.1) is 6.54 Å². The zero-order chi connectivity index (χ0) is 16.4. The molecule has 0 spiro atoms. The average molecular weight is 352 g/mol. The van der Waals surface area contributed by atoms with Gasteiger partial charge < -0.3 is 15.1 Å². The van der Waals surface area contributed by atoms with Gasteiger partial charge in [-0.3, -0.25) is 9.59 Å². The second-order valence-electron chi connectivity index (χ2n) is 6.61. The Bertz CT molecular complexity index is 620. The highest BCUT2D eigenvalue weighted by Gasteiger charge is 2.31. The van der Waals surface area contributed by atoms with Crippen LogP contribution < -0.4 is 5.32 Å². The second-order valence-corrected chi connectivity index (χ2v) is 6.61. The van der Waals surface area contributed by atoms with Gasteiger partial charge in [0.1, 0.15) is 0 Å². The predicted molar refractivity (Wildman–Crippen MR) is 96.7 cm³/mol. The van der Waals surface area contributed by atoms with Gasteiger partial charge in [0, 0.05) is 37.8 Å². The molecule has 6 heteroatoms. The van der Waals surface area contributed by atoms with E-state index in [0.717, 1.165) is 43.6 Å². The van der Waals surface area contributed by atoms with E-state index in [1.54, 1.807) is 0 Å². The van der Waals surface area contributed by atoms with Crippen LogP contribution in [0.25, 0.3) is 0 Å². The highest BCUT2D eigenvalue weighted by atomic mass is 35.5. The summed E-state index contributed by atoms with van der Waals surface area (Å²) in [6, 6.07) is 6.04. The van der Waals surface area contributed by atoms with E-state index in [-0.39, 0.29) is 30.3 Å². The summed E-state index contributed by atoms with van der Waals surface area (Å²) in [6.45, 7) is 7.52. The molecule has 1 aromatic carbocycles.